The average Bonchev–Trinajstić information content (AvgIpc) is 2.83. The third kappa shape index (κ3) is 26.3. The number of unbranched alkanes of at least 4 members (excludes halogenated alkanes) is 1. The second-order valence-corrected chi connectivity index (χ2v) is 6.48. The van der Waals surface area contributed by atoms with E-state index in [1.54, 1.807) is 0 Å². The summed E-state index contributed by atoms with van der Waals surface area (Å²) in [5, 5.41) is 0. The van der Waals surface area contributed by atoms with Gasteiger partial charge in [-0.1, -0.05) is 13.2 Å². The summed E-state index contributed by atoms with van der Waals surface area (Å²) in [6.07, 6.45) is 4.79. The summed E-state index contributed by atoms with van der Waals surface area (Å²) in [7, 11) is 0. The van der Waals surface area contributed by atoms with E-state index in [2.05, 4.69) is 13.2 Å². The Morgan fingerprint density at radius 3 is 1.03 bits per heavy atom. The van der Waals surface area contributed by atoms with Crippen molar-refractivity contribution in [1.29, 1.82) is 0 Å². The maximum atomic E-state index is 10.8. The standard InChI is InChI=1S/C23H40O10/c1-3-22(24)32-20-18-27-9-6-5-8-26-12-14-30-16-17-31-15-13-28-10-7-11-29-19-21-33-23(25)4-2/h3-4H,1-2,5-21H2. The smallest absolute Gasteiger partial charge is 0.330 e. The van der Waals surface area contributed by atoms with Crippen LogP contribution in [-0.2, 0) is 47.5 Å². The van der Waals surface area contributed by atoms with Gasteiger partial charge in [-0.15, -0.1) is 0 Å². The first kappa shape index (κ1) is 31.2. The van der Waals surface area contributed by atoms with E-state index in [1.807, 2.05) is 0 Å². The van der Waals surface area contributed by atoms with Crippen molar-refractivity contribution >= 4 is 11.9 Å². The molecule has 0 N–H and O–H groups in total. The fourth-order valence-corrected chi connectivity index (χ4v) is 2.16. The van der Waals surface area contributed by atoms with Gasteiger partial charge >= 0.3 is 11.9 Å². The first-order valence-electron chi connectivity index (χ1n) is 11.3. The summed E-state index contributed by atoms with van der Waals surface area (Å²) < 4.78 is 42.0. The molecule has 0 aromatic rings. The van der Waals surface area contributed by atoms with E-state index in [1.165, 1.54) is 0 Å². The van der Waals surface area contributed by atoms with E-state index in [0.717, 1.165) is 31.4 Å². The van der Waals surface area contributed by atoms with Crippen LogP contribution in [0, 0.1) is 0 Å². The van der Waals surface area contributed by atoms with Crippen molar-refractivity contribution in [2.24, 2.45) is 0 Å². The first-order valence-corrected chi connectivity index (χ1v) is 11.3. The minimum atomic E-state index is -0.446. The minimum Gasteiger partial charge on any atom is -0.460 e. The van der Waals surface area contributed by atoms with Crippen molar-refractivity contribution < 1.29 is 47.5 Å². The lowest BCUT2D eigenvalue weighted by Crippen LogP contribution is -2.13. The van der Waals surface area contributed by atoms with Crippen molar-refractivity contribution in [2.75, 3.05) is 92.5 Å². The van der Waals surface area contributed by atoms with Gasteiger partial charge in [0.25, 0.3) is 0 Å². The number of hydrogen-bond donors (Lipinski definition) is 0. The average molecular weight is 477 g/mol. The van der Waals surface area contributed by atoms with E-state index in [-0.39, 0.29) is 13.2 Å². The first-order chi connectivity index (χ1) is 16.2. The van der Waals surface area contributed by atoms with Crippen LogP contribution in [0.25, 0.3) is 0 Å². The zero-order valence-electron chi connectivity index (χ0n) is 19.7. The maximum absolute atomic E-state index is 10.8. The third-order valence-electron chi connectivity index (χ3n) is 3.80. The summed E-state index contributed by atoms with van der Waals surface area (Å²) in [6.45, 7) is 13.3. The van der Waals surface area contributed by atoms with Crippen molar-refractivity contribution in [2.45, 2.75) is 19.3 Å². The molecule has 0 heterocycles. The van der Waals surface area contributed by atoms with Gasteiger partial charge in [0.2, 0.25) is 0 Å². The van der Waals surface area contributed by atoms with Crippen LogP contribution in [0.1, 0.15) is 19.3 Å². The van der Waals surface area contributed by atoms with Crippen molar-refractivity contribution in [3.63, 3.8) is 0 Å². The molecule has 0 fully saturated rings. The fraction of sp³-hybridized carbons (Fsp3) is 0.739. The summed E-state index contributed by atoms with van der Waals surface area (Å²) >= 11 is 0. The Labute approximate surface area is 197 Å². The molecule has 10 nitrogen and oxygen atoms in total. The van der Waals surface area contributed by atoms with Gasteiger partial charge in [-0.05, 0) is 19.3 Å². The molecule has 192 valence electrons. The van der Waals surface area contributed by atoms with Crippen LogP contribution in [0.2, 0.25) is 0 Å². The Balaban J connectivity index is 3.06. The molecule has 10 heteroatoms. The number of hydrogen-bond acceptors (Lipinski definition) is 10. The molecular formula is C23H40O10. The van der Waals surface area contributed by atoms with Gasteiger partial charge in [0.05, 0.1) is 52.9 Å². The van der Waals surface area contributed by atoms with Crippen molar-refractivity contribution in [3.05, 3.63) is 25.3 Å². The highest BCUT2D eigenvalue weighted by atomic mass is 16.6. The molecule has 0 aliphatic rings. The molecule has 0 amide bonds. The Morgan fingerprint density at radius 2 is 0.697 bits per heavy atom. The predicted octanol–water partition coefficient (Wildman–Crippen LogP) is 1.71. The molecule has 0 aliphatic carbocycles. The molecule has 0 spiro atoms. The van der Waals surface area contributed by atoms with Crippen LogP contribution in [0.5, 0.6) is 0 Å². The van der Waals surface area contributed by atoms with E-state index in [4.69, 9.17) is 37.9 Å². The number of esters is 2. The topological polar surface area (TPSA) is 108 Å². The number of rotatable bonds is 26. The van der Waals surface area contributed by atoms with Gasteiger partial charge in [0, 0.05) is 38.6 Å². The second-order valence-electron chi connectivity index (χ2n) is 6.48. The third-order valence-corrected chi connectivity index (χ3v) is 3.80. The molecule has 0 aromatic heterocycles. The van der Waals surface area contributed by atoms with Crippen LogP contribution >= 0.6 is 0 Å². The summed E-state index contributed by atoms with van der Waals surface area (Å²) in [5.74, 6) is -0.884. The number of carbonyl (C=O) groups is 2. The highest BCUT2D eigenvalue weighted by Gasteiger charge is 1.97. The molecule has 0 atom stereocenters. The zero-order valence-corrected chi connectivity index (χ0v) is 19.7. The highest BCUT2D eigenvalue weighted by molar-refractivity contribution is 5.81. The van der Waals surface area contributed by atoms with Gasteiger partial charge in [-0.3, -0.25) is 0 Å². The molecule has 0 rings (SSSR count). The molecular weight excluding hydrogens is 436 g/mol. The second kappa shape index (κ2) is 26.4. The van der Waals surface area contributed by atoms with E-state index >= 15 is 0 Å². The fourth-order valence-electron chi connectivity index (χ4n) is 2.16. The van der Waals surface area contributed by atoms with Crippen LogP contribution in [0.3, 0.4) is 0 Å². The van der Waals surface area contributed by atoms with E-state index in [9.17, 15) is 9.59 Å². The quantitative estimate of drug-likeness (QED) is 0.104. The normalized spacial score (nSPS) is 10.7. The SMILES string of the molecule is C=CC(=O)OCCOCCCCOCCOCCOCCOCCCOCCOC(=O)C=C. The Bertz CT molecular complexity index is 442. The summed E-state index contributed by atoms with van der Waals surface area (Å²) in [5.41, 5.74) is 0. The predicted molar refractivity (Wildman–Crippen MR) is 121 cm³/mol. The highest BCUT2D eigenvalue weighted by Crippen LogP contribution is 1.93. The monoisotopic (exact) mass is 476 g/mol. The molecule has 0 bridgehead atoms. The summed E-state index contributed by atoms with van der Waals surface area (Å²) in [4.78, 5) is 21.6. The molecule has 0 radical (unpaired) electrons. The Hall–Kier alpha value is -1.82. The lowest BCUT2D eigenvalue weighted by molar-refractivity contribution is -0.140. The van der Waals surface area contributed by atoms with Gasteiger partial charge in [0.15, 0.2) is 0 Å². The molecule has 0 aliphatic heterocycles. The Morgan fingerprint density at radius 1 is 0.424 bits per heavy atom. The van der Waals surface area contributed by atoms with E-state index < -0.39 is 11.9 Å². The molecule has 0 aromatic carbocycles. The Kier molecular flexibility index (Phi) is 25.0. The van der Waals surface area contributed by atoms with Crippen LogP contribution < -0.4 is 0 Å². The molecule has 33 heavy (non-hydrogen) atoms. The zero-order chi connectivity index (χ0) is 24.2. The van der Waals surface area contributed by atoms with Gasteiger partial charge in [0.1, 0.15) is 13.2 Å². The van der Waals surface area contributed by atoms with Crippen molar-refractivity contribution in [3.8, 4) is 0 Å². The van der Waals surface area contributed by atoms with Gasteiger partial charge in [-0.25, -0.2) is 9.59 Å². The van der Waals surface area contributed by atoms with Crippen molar-refractivity contribution in [1.82, 2.24) is 0 Å². The molecule has 0 saturated heterocycles. The van der Waals surface area contributed by atoms with Crippen LogP contribution in [0.4, 0.5) is 0 Å². The summed E-state index contributed by atoms with van der Waals surface area (Å²) in [6, 6.07) is 0. The minimum absolute atomic E-state index is 0.225. The number of ether oxygens (including phenoxy) is 8. The molecule has 0 unspecified atom stereocenters. The van der Waals surface area contributed by atoms with Gasteiger partial charge < -0.3 is 37.9 Å². The van der Waals surface area contributed by atoms with Crippen LogP contribution in [0.15, 0.2) is 25.3 Å². The van der Waals surface area contributed by atoms with Crippen LogP contribution in [-0.4, -0.2) is 104 Å². The maximum Gasteiger partial charge on any atom is 0.330 e. The lowest BCUT2D eigenvalue weighted by atomic mass is 10.3. The van der Waals surface area contributed by atoms with E-state index in [0.29, 0.717) is 79.3 Å². The molecule has 0 saturated carbocycles. The lowest BCUT2D eigenvalue weighted by Gasteiger charge is -2.08. The largest absolute Gasteiger partial charge is 0.460 e. The van der Waals surface area contributed by atoms with Gasteiger partial charge in [-0.2, -0.15) is 0 Å². The number of carbonyl (C=O) groups excluding carboxylic acids is 2.